The van der Waals surface area contributed by atoms with Gasteiger partial charge < -0.3 is 20.3 Å². The van der Waals surface area contributed by atoms with Gasteiger partial charge in [0, 0.05) is 26.1 Å². The smallest absolute Gasteiger partial charge is 0.410 e. The molecule has 1 heterocycles. The average Bonchev–Trinajstić information content (AvgIpc) is 2.20. The number of amides is 1. The summed E-state index contributed by atoms with van der Waals surface area (Å²) in [5.41, 5.74) is 5.45. The van der Waals surface area contributed by atoms with E-state index in [9.17, 15) is 4.79 Å². The Labute approximate surface area is 91.2 Å². The van der Waals surface area contributed by atoms with E-state index >= 15 is 0 Å². The van der Waals surface area contributed by atoms with Gasteiger partial charge in [0.15, 0.2) is 0 Å². The fourth-order valence-electron chi connectivity index (χ4n) is 1.61. The molecule has 1 aliphatic rings. The molecule has 1 amide bonds. The summed E-state index contributed by atoms with van der Waals surface area (Å²) in [5, 5.41) is 0. The van der Waals surface area contributed by atoms with Crippen molar-refractivity contribution in [2.75, 3.05) is 40.3 Å². The zero-order valence-electron chi connectivity index (χ0n) is 9.61. The lowest BCUT2D eigenvalue weighted by atomic mass is 10.2. The molecular formula is C10H21N3O2. The summed E-state index contributed by atoms with van der Waals surface area (Å²) in [6.45, 7) is 2.96. The first-order valence-corrected chi connectivity index (χ1v) is 5.44. The van der Waals surface area contributed by atoms with Gasteiger partial charge in [-0.1, -0.05) is 0 Å². The maximum Gasteiger partial charge on any atom is 0.410 e. The molecule has 1 saturated heterocycles. The molecule has 0 spiro atoms. The molecule has 88 valence electrons. The van der Waals surface area contributed by atoms with E-state index in [1.807, 2.05) is 14.1 Å². The zero-order valence-corrected chi connectivity index (χ0v) is 9.61. The van der Waals surface area contributed by atoms with E-state index in [4.69, 9.17) is 10.5 Å². The molecule has 0 aromatic heterocycles. The molecule has 0 radical (unpaired) electrons. The van der Waals surface area contributed by atoms with Crippen LogP contribution in [-0.4, -0.2) is 62.3 Å². The van der Waals surface area contributed by atoms with Crippen LogP contribution in [0.25, 0.3) is 0 Å². The van der Waals surface area contributed by atoms with E-state index in [0.717, 1.165) is 32.5 Å². The lowest BCUT2D eigenvalue weighted by Gasteiger charge is -2.31. The van der Waals surface area contributed by atoms with Crippen LogP contribution in [0, 0.1) is 0 Å². The molecule has 1 rings (SSSR count). The number of ether oxygens (including phenoxy) is 1. The number of rotatable bonds is 5. The summed E-state index contributed by atoms with van der Waals surface area (Å²) < 4.78 is 5.15. The van der Waals surface area contributed by atoms with Crippen LogP contribution in [0.1, 0.15) is 12.8 Å². The fourth-order valence-corrected chi connectivity index (χ4v) is 1.61. The number of nitrogens with two attached hydrogens (primary N) is 1. The summed E-state index contributed by atoms with van der Waals surface area (Å²) in [7, 11) is 4.05. The highest BCUT2D eigenvalue weighted by Gasteiger charge is 2.25. The number of hydrogen-bond acceptors (Lipinski definition) is 4. The van der Waals surface area contributed by atoms with Crippen LogP contribution in [-0.2, 0) is 4.74 Å². The molecule has 5 heteroatoms. The minimum absolute atomic E-state index is 0.0809. The summed E-state index contributed by atoms with van der Waals surface area (Å²) >= 11 is 0. The minimum Gasteiger partial charge on any atom is -0.445 e. The minimum atomic E-state index is -0.213. The second kappa shape index (κ2) is 5.92. The largest absolute Gasteiger partial charge is 0.445 e. The lowest BCUT2D eigenvalue weighted by Crippen LogP contribution is -2.45. The summed E-state index contributed by atoms with van der Waals surface area (Å²) in [6, 6.07) is 0. The second-order valence-electron chi connectivity index (χ2n) is 4.17. The van der Waals surface area contributed by atoms with E-state index in [2.05, 4.69) is 4.90 Å². The Morgan fingerprint density at radius 3 is 2.87 bits per heavy atom. The van der Waals surface area contributed by atoms with Crippen LogP contribution in [0.2, 0.25) is 0 Å². The predicted molar refractivity (Wildman–Crippen MR) is 58.7 cm³/mol. The summed E-state index contributed by atoms with van der Waals surface area (Å²) in [6.07, 6.45) is 1.54. The Kier molecular flexibility index (Phi) is 4.84. The van der Waals surface area contributed by atoms with Crippen LogP contribution in [0.4, 0.5) is 4.79 Å². The highest BCUT2D eigenvalue weighted by atomic mass is 16.6. The molecule has 0 aromatic rings. The number of hydrogen-bond donors (Lipinski definition) is 1. The molecule has 15 heavy (non-hydrogen) atoms. The highest BCUT2D eigenvalue weighted by Crippen LogP contribution is 2.11. The topological polar surface area (TPSA) is 58.8 Å². The van der Waals surface area contributed by atoms with Crippen molar-refractivity contribution in [2.45, 2.75) is 18.9 Å². The Bertz CT molecular complexity index is 209. The number of carbonyl (C=O) groups excluding carboxylic acids is 1. The molecule has 1 aliphatic heterocycles. The molecule has 1 atom stereocenters. The van der Waals surface area contributed by atoms with Crippen LogP contribution in [0.5, 0.6) is 0 Å². The highest BCUT2D eigenvalue weighted by molar-refractivity contribution is 5.68. The molecule has 0 aromatic carbocycles. The van der Waals surface area contributed by atoms with E-state index in [0.29, 0.717) is 6.54 Å². The average molecular weight is 215 g/mol. The first-order chi connectivity index (χ1) is 7.13. The van der Waals surface area contributed by atoms with Crippen molar-refractivity contribution in [1.82, 2.24) is 9.80 Å². The lowest BCUT2D eigenvalue weighted by molar-refractivity contribution is 0.0282. The van der Waals surface area contributed by atoms with Crippen LogP contribution in [0.15, 0.2) is 0 Å². The molecule has 0 bridgehead atoms. The third-order valence-electron chi connectivity index (χ3n) is 2.54. The van der Waals surface area contributed by atoms with Gasteiger partial charge in [0.2, 0.25) is 0 Å². The van der Waals surface area contributed by atoms with Gasteiger partial charge in [-0.2, -0.15) is 0 Å². The summed E-state index contributed by atoms with van der Waals surface area (Å²) in [4.78, 5) is 15.3. The third kappa shape index (κ3) is 4.05. The van der Waals surface area contributed by atoms with Crippen molar-refractivity contribution in [2.24, 2.45) is 5.73 Å². The van der Waals surface area contributed by atoms with Crippen LogP contribution >= 0.6 is 0 Å². The Morgan fingerprint density at radius 2 is 2.33 bits per heavy atom. The fraction of sp³-hybridized carbons (Fsp3) is 0.900. The van der Waals surface area contributed by atoms with E-state index in [-0.39, 0.29) is 12.2 Å². The Balaban J connectivity index is 2.23. The van der Waals surface area contributed by atoms with Crippen molar-refractivity contribution in [1.29, 1.82) is 0 Å². The Hall–Kier alpha value is -0.810. The third-order valence-corrected chi connectivity index (χ3v) is 2.54. The molecule has 0 aliphatic carbocycles. The zero-order chi connectivity index (χ0) is 11.3. The molecule has 2 N–H and O–H groups in total. The van der Waals surface area contributed by atoms with Gasteiger partial charge in [0.1, 0.15) is 6.10 Å². The maximum atomic E-state index is 11.5. The normalized spacial score (nSPS) is 22.0. The Morgan fingerprint density at radius 1 is 1.60 bits per heavy atom. The SMILES string of the molecule is CN(C)CCCN1CCC(CN)OC1=O. The van der Waals surface area contributed by atoms with E-state index in [1.165, 1.54) is 0 Å². The van der Waals surface area contributed by atoms with Crippen molar-refractivity contribution in [3.63, 3.8) is 0 Å². The molecular weight excluding hydrogens is 194 g/mol. The maximum absolute atomic E-state index is 11.5. The molecule has 5 nitrogen and oxygen atoms in total. The molecule has 0 saturated carbocycles. The standard InChI is InChI=1S/C10H21N3O2/c1-12(2)5-3-6-13-7-4-9(8-11)15-10(13)14/h9H,3-8,11H2,1-2H3. The quantitative estimate of drug-likeness (QED) is 0.707. The van der Waals surface area contributed by atoms with Gasteiger partial charge in [-0.15, -0.1) is 0 Å². The predicted octanol–water partition coefficient (Wildman–Crippen LogP) is 0.108. The van der Waals surface area contributed by atoms with E-state index < -0.39 is 0 Å². The van der Waals surface area contributed by atoms with Gasteiger partial charge in [0.05, 0.1) is 0 Å². The van der Waals surface area contributed by atoms with Crippen molar-refractivity contribution >= 4 is 6.09 Å². The number of cyclic esters (lactones) is 1. The summed E-state index contributed by atoms with van der Waals surface area (Å²) in [5.74, 6) is 0. The molecule has 1 fully saturated rings. The van der Waals surface area contributed by atoms with Gasteiger partial charge in [0.25, 0.3) is 0 Å². The monoisotopic (exact) mass is 215 g/mol. The molecule has 1 unspecified atom stereocenters. The van der Waals surface area contributed by atoms with Crippen LogP contribution < -0.4 is 5.73 Å². The van der Waals surface area contributed by atoms with Crippen molar-refractivity contribution < 1.29 is 9.53 Å². The van der Waals surface area contributed by atoms with Gasteiger partial charge in [-0.05, 0) is 27.1 Å². The van der Waals surface area contributed by atoms with Gasteiger partial charge in [-0.3, -0.25) is 0 Å². The first kappa shape index (κ1) is 12.3. The van der Waals surface area contributed by atoms with Crippen LogP contribution in [0.3, 0.4) is 0 Å². The van der Waals surface area contributed by atoms with Gasteiger partial charge >= 0.3 is 6.09 Å². The number of nitrogens with zero attached hydrogens (tertiary/aromatic N) is 2. The first-order valence-electron chi connectivity index (χ1n) is 5.44. The van der Waals surface area contributed by atoms with Gasteiger partial charge in [-0.25, -0.2) is 4.79 Å². The van der Waals surface area contributed by atoms with E-state index in [1.54, 1.807) is 4.90 Å². The number of carbonyl (C=O) groups is 1. The van der Waals surface area contributed by atoms with Crippen molar-refractivity contribution in [3.8, 4) is 0 Å². The van der Waals surface area contributed by atoms with Crippen molar-refractivity contribution in [3.05, 3.63) is 0 Å². The second-order valence-corrected chi connectivity index (χ2v) is 4.17.